The standard InChI is InChI=1S/C18H29N3S2.HI/c1-3-19-18(20-11-7-13-22-2)21-12-10-16(14-21)15-23-17-8-5-4-6-9-17;/h4-6,8-9,16H,3,7,10-15H2,1-2H3,(H,19,20);1H. The third kappa shape index (κ3) is 7.87. The number of nitrogens with zero attached hydrogens (tertiary/aromatic N) is 2. The summed E-state index contributed by atoms with van der Waals surface area (Å²) in [5, 5.41) is 3.46. The number of hydrogen-bond donors (Lipinski definition) is 1. The van der Waals surface area contributed by atoms with Crippen molar-refractivity contribution in [2.24, 2.45) is 10.9 Å². The van der Waals surface area contributed by atoms with Gasteiger partial charge in [0.1, 0.15) is 0 Å². The van der Waals surface area contributed by atoms with Crippen molar-refractivity contribution in [3.63, 3.8) is 0 Å². The Morgan fingerprint density at radius 3 is 2.83 bits per heavy atom. The van der Waals surface area contributed by atoms with Gasteiger partial charge in [-0.3, -0.25) is 4.99 Å². The maximum atomic E-state index is 4.80. The van der Waals surface area contributed by atoms with Gasteiger partial charge in [-0.25, -0.2) is 0 Å². The number of guanidine groups is 1. The van der Waals surface area contributed by atoms with Crippen molar-refractivity contribution < 1.29 is 0 Å². The van der Waals surface area contributed by atoms with E-state index in [0.717, 1.165) is 44.5 Å². The Labute approximate surface area is 172 Å². The molecule has 0 amide bonds. The lowest BCUT2D eigenvalue weighted by molar-refractivity contribution is 0.474. The second-order valence-electron chi connectivity index (χ2n) is 5.81. The molecule has 6 heteroatoms. The third-order valence-electron chi connectivity index (χ3n) is 3.92. The number of benzene rings is 1. The molecule has 1 atom stereocenters. The van der Waals surface area contributed by atoms with E-state index in [0.29, 0.717) is 0 Å². The van der Waals surface area contributed by atoms with Crippen molar-refractivity contribution in [2.45, 2.75) is 24.7 Å². The molecular formula is C18H30IN3S2. The highest BCUT2D eigenvalue weighted by molar-refractivity contribution is 14.0. The summed E-state index contributed by atoms with van der Waals surface area (Å²) >= 11 is 3.88. The molecule has 136 valence electrons. The molecule has 1 aromatic carbocycles. The summed E-state index contributed by atoms with van der Waals surface area (Å²) in [6, 6.07) is 10.7. The van der Waals surface area contributed by atoms with E-state index in [-0.39, 0.29) is 24.0 Å². The highest BCUT2D eigenvalue weighted by atomic mass is 127. The van der Waals surface area contributed by atoms with Crippen LogP contribution in [0.4, 0.5) is 0 Å². The van der Waals surface area contributed by atoms with Gasteiger partial charge in [0.25, 0.3) is 0 Å². The van der Waals surface area contributed by atoms with E-state index < -0.39 is 0 Å². The fraction of sp³-hybridized carbons (Fsp3) is 0.611. The molecule has 2 rings (SSSR count). The van der Waals surface area contributed by atoms with E-state index in [2.05, 4.69) is 53.7 Å². The van der Waals surface area contributed by atoms with Crippen LogP contribution in [0.5, 0.6) is 0 Å². The zero-order chi connectivity index (χ0) is 16.3. The summed E-state index contributed by atoms with van der Waals surface area (Å²) in [7, 11) is 0. The molecule has 1 N–H and O–H groups in total. The van der Waals surface area contributed by atoms with Crippen molar-refractivity contribution in [1.29, 1.82) is 0 Å². The molecule has 0 radical (unpaired) electrons. The summed E-state index contributed by atoms with van der Waals surface area (Å²) in [6.07, 6.45) is 4.59. The lowest BCUT2D eigenvalue weighted by Gasteiger charge is -2.21. The van der Waals surface area contributed by atoms with Crippen LogP contribution in [0, 0.1) is 5.92 Å². The summed E-state index contributed by atoms with van der Waals surface area (Å²) in [5.41, 5.74) is 0. The van der Waals surface area contributed by atoms with E-state index in [4.69, 9.17) is 4.99 Å². The Hall–Kier alpha value is -0.0800. The van der Waals surface area contributed by atoms with Crippen molar-refractivity contribution >= 4 is 53.5 Å². The van der Waals surface area contributed by atoms with Gasteiger partial charge in [-0.15, -0.1) is 35.7 Å². The molecule has 1 aliphatic rings. The van der Waals surface area contributed by atoms with Crippen molar-refractivity contribution in [3.8, 4) is 0 Å². The molecule has 1 saturated heterocycles. The zero-order valence-corrected chi connectivity index (χ0v) is 18.7. The van der Waals surface area contributed by atoms with Gasteiger partial charge < -0.3 is 10.2 Å². The average Bonchev–Trinajstić information content (AvgIpc) is 3.06. The summed E-state index contributed by atoms with van der Waals surface area (Å²) in [5.74, 6) is 4.27. The maximum Gasteiger partial charge on any atom is 0.193 e. The lowest BCUT2D eigenvalue weighted by Crippen LogP contribution is -2.40. The van der Waals surface area contributed by atoms with Gasteiger partial charge in [-0.1, -0.05) is 18.2 Å². The number of hydrogen-bond acceptors (Lipinski definition) is 3. The number of rotatable bonds is 8. The highest BCUT2D eigenvalue weighted by Gasteiger charge is 2.24. The molecule has 1 aliphatic heterocycles. The smallest absolute Gasteiger partial charge is 0.193 e. The summed E-state index contributed by atoms with van der Waals surface area (Å²) < 4.78 is 0. The Balaban J connectivity index is 0.00000288. The molecule has 0 saturated carbocycles. The first-order valence-electron chi connectivity index (χ1n) is 8.53. The topological polar surface area (TPSA) is 27.6 Å². The van der Waals surface area contributed by atoms with Crippen LogP contribution >= 0.6 is 47.5 Å². The minimum atomic E-state index is 0. The van der Waals surface area contributed by atoms with Crippen molar-refractivity contribution in [1.82, 2.24) is 10.2 Å². The van der Waals surface area contributed by atoms with Gasteiger partial charge >= 0.3 is 0 Å². The monoisotopic (exact) mass is 479 g/mol. The highest BCUT2D eigenvalue weighted by Crippen LogP contribution is 2.25. The van der Waals surface area contributed by atoms with Gasteiger partial charge in [-0.2, -0.15) is 11.8 Å². The molecule has 1 aromatic rings. The zero-order valence-electron chi connectivity index (χ0n) is 14.7. The largest absolute Gasteiger partial charge is 0.357 e. The second kappa shape index (κ2) is 13.2. The SMILES string of the molecule is CCNC(=NCCCSC)N1CCC(CSc2ccccc2)C1.I. The van der Waals surface area contributed by atoms with Crippen LogP contribution in [0.2, 0.25) is 0 Å². The molecule has 0 bridgehead atoms. The normalized spacial score (nSPS) is 17.7. The van der Waals surface area contributed by atoms with E-state index in [9.17, 15) is 0 Å². The Morgan fingerprint density at radius 2 is 2.12 bits per heavy atom. The minimum absolute atomic E-state index is 0. The second-order valence-corrected chi connectivity index (χ2v) is 7.89. The first-order valence-corrected chi connectivity index (χ1v) is 10.9. The first-order chi connectivity index (χ1) is 11.3. The average molecular weight is 479 g/mol. The van der Waals surface area contributed by atoms with Gasteiger partial charge in [-0.05, 0) is 49.8 Å². The van der Waals surface area contributed by atoms with Crippen molar-refractivity contribution in [3.05, 3.63) is 30.3 Å². The fourth-order valence-electron chi connectivity index (χ4n) is 2.71. The van der Waals surface area contributed by atoms with E-state index >= 15 is 0 Å². The molecule has 0 aromatic heterocycles. The maximum absolute atomic E-state index is 4.80. The Bertz CT molecular complexity index is 471. The first kappa shape index (κ1) is 22.0. The number of halogens is 1. The number of likely N-dealkylation sites (tertiary alicyclic amines) is 1. The van der Waals surface area contributed by atoms with Gasteiger partial charge in [0.05, 0.1) is 0 Å². The van der Waals surface area contributed by atoms with E-state index in [1.165, 1.54) is 22.8 Å². The number of aliphatic imine (C=N–C) groups is 1. The molecule has 1 fully saturated rings. The van der Waals surface area contributed by atoms with E-state index in [1.54, 1.807) is 0 Å². The fourth-order valence-corrected chi connectivity index (χ4v) is 4.18. The molecule has 1 heterocycles. The van der Waals surface area contributed by atoms with E-state index in [1.807, 2.05) is 23.5 Å². The predicted octanol–water partition coefficient (Wildman–Crippen LogP) is 4.44. The van der Waals surface area contributed by atoms with Crippen LogP contribution in [0.25, 0.3) is 0 Å². The van der Waals surface area contributed by atoms with Crippen LogP contribution in [0.1, 0.15) is 19.8 Å². The molecule has 24 heavy (non-hydrogen) atoms. The molecule has 0 aliphatic carbocycles. The predicted molar refractivity (Wildman–Crippen MR) is 121 cm³/mol. The Kier molecular flexibility index (Phi) is 12.0. The number of thioether (sulfide) groups is 2. The van der Waals surface area contributed by atoms with Gasteiger partial charge in [0.2, 0.25) is 0 Å². The van der Waals surface area contributed by atoms with Crippen LogP contribution in [-0.2, 0) is 0 Å². The summed E-state index contributed by atoms with van der Waals surface area (Å²) in [6.45, 7) is 6.29. The van der Waals surface area contributed by atoms with Crippen LogP contribution in [0.15, 0.2) is 40.2 Å². The summed E-state index contributed by atoms with van der Waals surface area (Å²) in [4.78, 5) is 8.62. The lowest BCUT2D eigenvalue weighted by atomic mass is 10.2. The number of nitrogens with one attached hydrogen (secondary N) is 1. The Morgan fingerprint density at radius 1 is 1.33 bits per heavy atom. The van der Waals surface area contributed by atoms with Gasteiger partial charge in [0, 0.05) is 36.8 Å². The van der Waals surface area contributed by atoms with Crippen molar-refractivity contribution in [2.75, 3.05) is 43.9 Å². The quantitative estimate of drug-likeness (QED) is 0.196. The minimum Gasteiger partial charge on any atom is -0.357 e. The van der Waals surface area contributed by atoms with Gasteiger partial charge in [0.15, 0.2) is 5.96 Å². The molecule has 0 spiro atoms. The molecule has 3 nitrogen and oxygen atoms in total. The third-order valence-corrected chi connectivity index (χ3v) is 5.86. The molecule has 1 unspecified atom stereocenters. The molecular weight excluding hydrogens is 449 g/mol. The van der Waals surface area contributed by atoms with Crippen LogP contribution < -0.4 is 5.32 Å². The van der Waals surface area contributed by atoms with Crippen LogP contribution in [-0.4, -0.2) is 54.8 Å². The van der Waals surface area contributed by atoms with Crippen LogP contribution in [0.3, 0.4) is 0 Å².